The summed E-state index contributed by atoms with van der Waals surface area (Å²) < 4.78 is 16.6. The number of ether oxygens (including phenoxy) is 3. The molecule has 2 amide bonds. The maximum absolute atomic E-state index is 12.4. The van der Waals surface area contributed by atoms with E-state index in [1.165, 1.54) is 11.1 Å². The zero-order valence-electron chi connectivity index (χ0n) is 22.4. The average Bonchev–Trinajstić information content (AvgIpc) is 3.74. The Kier molecular flexibility index (Phi) is 8.73. The van der Waals surface area contributed by atoms with Crippen molar-refractivity contribution in [2.24, 2.45) is 5.92 Å². The lowest BCUT2D eigenvalue weighted by atomic mass is 10.0. The van der Waals surface area contributed by atoms with E-state index in [9.17, 15) is 14.9 Å². The maximum atomic E-state index is 12.4. The van der Waals surface area contributed by atoms with Crippen molar-refractivity contribution >= 4 is 30.1 Å². The molecule has 3 aromatic rings. The highest BCUT2D eigenvalue weighted by Gasteiger charge is 2.34. The molecule has 6 rings (SSSR count). The molecule has 218 valence electrons. The lowest BCUT2D eigenvalue weighted by molar-refractivity contribution is -0.123. The molecule has 2 aromatic heterocycles. The molecule has 0 bridgehead atoms. The number of cyclic esters (lactones) is 1. The number of anilines is 2. The molecule has 0 spiro atoms. The van der Waals surface area contributed by atoms with Gasteiger partial charge < -0.3 is 34.9 Å². The number of hydrogen-bond donors (Lipinski definition) is 4. The Hall–Kier alpha value is -5.23. The van der Waals surface area contributed by atoms with Gasteiger partial charge in [0.05, 0.1) is 42.6 Å². The van der Waals surface area contributed by atoms with Crippen molar-refractivity contribution in [1.29, 1.82) is 5.26 Å². The minimum atomic E-state index is -0.502. The van der Waals surface area contributed by atoms with Gasteiger partial charge in [-0.3, -0.25) is 14.5 Å². The molecule has 2 aliphatic heterocycles. The number of H-pyrrole nitrogens is 1. The van der Waals surface area contributed by atoms with Gasteiger partial charge in [-0.1, -0.05) is 0 Å². The van der Waals surface area contributed by atoms with Gasteiger partial charge in [0.1, 0.15) is 18.5 Å². The molecule has 15 heteroatoms. The third-order valence-electron chi connectivity index (χ3n) is 6.94. The number of nitriles is 1. The number of carbonyl (C=O) groups excluding carboxylic acids is 2. The number of nitrogens with one attached hydrogen (secondary N) is 3. The summed E-state index contributed by atoms with van der Waals surface area (Å²) in [6.45, 7) is 1.79. The predicted molar refractivity (Wildman–Crippen MR) is 145 cm³/mol. The van der Waals surface area contributed by atoms with Gasteiger partial charge in [-0.15, -0.1) is 0 Å². The second-order valence-corrected chi connectivity index (χ2v) is 9.79. The van der Waals surface area contributed by atoms with Crippen molar-refractivity contribution in [1.82, 2.24) is 25.3 Å². The molecule has 1 aliphatic carbocycles. The summed E-state index contributed by atoms with van der Waals surface area (Å²) in [4.78, 5) is 49.2. The summed E-state index contributed by atoms with van der Waals surface area (Å²) in [5.74, 6) is 1.43. The first-order valence-electron chi connectivity index (χ1n) is 13.2. The fourth-order valence-corrected chi connectivity index (χ4v) is 5.07. The van der Waals surface area contributed by atoms with Gasteiger partial charge in [0, 0.05) is 0 Å². The number of carboxylic acid groups (broad SMARTS) is 1. The van der Waals surface area contributed by atoms with Crippen LogP contribution in [-0.4, -0.2) is 75.9 Å². The van der Waals surface area contributed by atoms with Crippen molar-refractivity contribution in [2.75, 3.05) is 36.5 Å². The van der Waals surface area contributed by atoms with Gasteiger partial charge in [-0.2, -0.15) is 5.26 Å². The fraction of sp³-hybridized carbons (Fsp3) is 0.370. The minimum absolute atomic E-state index is 0.115. The number of fused-ring (bicyclic) bond motifs is 2. The highest BCUT2D eigenvalue weighted by atomic mass is 16.6. The Morgan fingerprint density at radius 1 is 1.29 bits per heavy atom. The first kappa shape index (κ1) is 28.3. The van der Waals surface area contributed by atoms with Crippen LogP contribution in [0.5, 0.6) is 11.6 Å². The van der Waals surface area contributed by atoms with Crippen LogP contribution in [0.25, 0.3) is 0 Å². The van der Waals surface area contributed by atoms with Crippen LogP contribution < -0.4 is 25.0 Å². The number of rotatable bonds is 9. The van der Waals surface area contributed by atoms with Gasteiger partial charge in [0.15, 0.2) is 18.2 Å². The van der Waals surface area contributed by atoms with E-state index in [0.717, 1.165) is 36.2 Å². The monoisotopic (exact) mass is 576 g/mol. The number of hydrogen-bond acceptors (Lipinski definition) is 11. The summed E-state index contributed by atoms with van der Waals surface area (Å²) in [5.41, 5.74) is 3.76. The molecule has 15 nitrogen and oxygen atoms in total. The number of benzene rings is 1. The third kappa shape index (κ3) is 6.56. The molecule has 2 unspecified atom stereocenters. The van der Waals surface area contributed by atoms with Gasteiger partial charge >= 0.3 is 6.09 Å². The lowest BCUT2D eigenvalue weighted by Gasteiger charge is -2.18. The number of amides is 2. The molecule has 1 fully saturated rings. The van der Waals surface area contributed by atoms with Crippen LogP contribution in [0, 0.1) is 17.2 Å². The Morgan fingerprint density at radius 2 is 2.14 bits per heavy atom. The molecular formula is C27H28N8O7. The van der Waals surface area contributed by atoms with Crippen molar-refractivity contribution in [2.45, 2.75) is 32.0 Å². The molecule has 1 saturated heterocycles. The standard InChI is InChI=1S/C26H26N8O5.CH2O2/c27-7-17-6-20(37-12-18-9-29-14-31-18)5-16-3-15(4-21(16)17)8-28-2-1-19-11-34(26(36)39-19)22-10-30-25-24(32-22)33-23(35)13-38-25;2-1-3/h5-6,9-10,14-15,19,28H,1-4,8,11-13H2,(H,29,31)(H,32,33,35);1H,(H,2,3). The third-order valence-corrected chi connectivity index (χ3v) is 6.94. The topological polar surface area (TPSA) is 205 Å². The summed E-state index contributed by atoms with van der Waals surface area (Å²) in [5, 5.41) is 22.6. The van der Waals surface area contributed by atoms with Crippen LogP contribution in [0.1, 0.15) is 28.8 Å². The fourth-order valence-electron chi connectivity index (χ4n) is 5.07. The largest absolute Gasteiger partial charge is 0.487 e. The first-order valence-corrected chi connectivity index (χ1v) is 13.2. The number of carbonyl (C=O) groups is 3. The number of aromatic amines is 1. The highest BCUT2D eigenvalue weighted by molar-refractivity contribution is 5.94. The Balaban J connectivity index is 0.00000113. The first-order chi connectivity index (χ1) is 20.5. The molecule has 2 atom stereocenters. The van der Waals surface area contributed by atoms with Crippen molar-refractivity contribution in [3.8, 4) is 17.7 Å². The predicted octanol–water partition coefficient (Wildman–Crippen LogP) is 1.40. The van der Waals surface area contributed by atoms with Crippen molar-refractivity contribution in [3.05, 3.63) is 53.2 Å². The van der Waals surface area contributed by atoms with Crippen LogP contribution in [0.15, 0.2) is 30.9 Å². The van der Waals surface area contributed by atoms with E-state index in [-0.39, 0.29) is 36.8 Å². The van der Waals surface area contributed by atoms with Crippen LogP contribution in [-0.2, 0) is 33.8 Å². The van der Waals surface area contributed by atoms with E-state index in [1.54, 1.807) is 18.6 Å². The quantitative estimate of drug-likeness (QED) is 0.211. The second kappa shape index (κ2) is 13.0. The zero-order chi connectivity index (χ0) is 29.5. The molecule has 4 N–H and O–H groups in total. The second-order valence-electron chi connectivity index (χ2n) is 9.79. The van der Waals surface area contributed by atoms with E-state index in [2.05, 4.69) is 36.6 Å². The van der Waals surface area contributed by atoms with Crippen LogP contribution in [0.3, 0.4) is 0 Å². The molecule has 3 aliphatic rings. The molecular weight excluding hydrogens is 548 g/mol. The van der Waals surface area contributed by atoms with Crippen molar-refractivity contribution in [3.63, 3.8) is 0 Å². The minimum Gasteiger partial charge on any atom is -0.487 e. The number of imidazole rings is 1. The van der Waals surface area contributed by atoms with E-state index in [4.69, 9.17) is 24.1 Å². The Morgan fingerprint density at radius 3 is 2.93 bits per heavy atom. The van der Waals surface area contributed by atoms with E-state index >= 15 is 0 Å². The highest BCUT2D eigenvalue weighted by Crippen LogP contribution is 2.33. The van der Waals surface area contributed by atoms with Crippen LogP contribution in [0.4, 0.5) is 16.4 Å². The maximum Gasteiger partial charge on any atom is 0.415 e. The normalized spacial score (nSPS) is 18.4. The summed E-state index contributed by atoms with van der Waals surface area (Å²) >= 11 is 0. The smallest absolute Gasteiger partial charge is 0.415 e. The average molecular weight is 577 g/mol. The molecule has 0 radical (unpaired) electrons. The Bertz CT molecular complexity index is 1490. The van der Waals surface area contributed by atoms with E-state index in [0.29, 0.717) is 49.2 Å². The lowest BCUT2D eigenvalue weighted by Crippen LogP contribution is -2.30. The molecule has 1 aromatic carbocycles. The number of aromatic nitrogens is 4. The summed E-state index contributed by atoms with van der Waals surface area (Å²) in [7, 11) is 0. The molecule has 0 saturated carbocycles. The molecule has 4 heterocycles. The van der Waals surface area contributed by atoms with Gasteiger partial charge in [0.25, 0.3) is 18.3 Å². The zero-order valence-corrected chi connectivity index (χ0v) is 22.4. The molecule has 42 heavy (non-hydrogen) atoms. The summed E-state index contributed by atoms with van der Waals surface area (Å²) in [6, 6.07) is 6.15. The summed E-state index contributed by atoms with van der Waals surface area (Å²) in [6.07, 6.45) is 6.27. The van der Waals surface area contributed by atoms with E-state index < -0.39 is 6.09 Å². The van der Waals surface area contributed by atoms with Gasteiger partial charge in [-0.05, 0) is 61.5 Å². The van der Waals surface area contributed by atoms with Crippen LogP contribution >= 0.6 is 0 Å². The van der Waals surface area contributed by atoms with Gasteiger partial charge in [-0.25, -0.2) is 19.7 Å². The number of nitrogens with zero attached hydrogens (tertiary/aromatic N) is 5. The Labute approximate surface area is 239 Å². The SMILES string of the molecule is N#Cc1cc(OCc2cnc[nH]2)cc2c1CC(CNCCC1CN(c3cnc4c(n3)NC(=O)CO4)C(=O)O1)C2.O=CO. The van der Waals surface area contributed by atoms with Gasteiger partial charge in [0.2, 0.25) is 0 Å². The van der Waals surface area contributed by atoms with E-state index in [1.807, 2.05) is 6.07 Å². The van der Waals surface area contributed by atoms with Crippen molar-refractivity contribution < 1.29 is 33.7 Å². The van der Waals surface area contributed by atoms with Crippen LogP contribution in [0.2, 0.25) is 0 Å².